The maximum absolute atomic E-state index is 12.8. The summed E-state index contributed by atoms with van der Waals surface area (Å²) in [6, 6.07) is 6.89. The highest BCUT2D eigenvalue weighted by Gasteiger charge is 2.34. The van der Waals surface area contributed by atoms with E-state index in [9.17, 15) is 35.9 Å². The molecule has 1 atom stereocenters. The molecule has 0 aromatic heterocycles. The average molecular weight is 434 g/mol. The summed E-state index contributed by atoms with van der Waals surface area (Å²) in [6.45, 7) is 0. The van der Waals surface area contributed by atoms with E-state index in [4.69, 9.17) is 0 Å². The van der Waals surface area contributed by atoms with Crippen LogP contribution in [-0.2, 0) is 21.9 Å². The number of amides is 2. The van der Waals surface area contributed by atoms with Gasteiger partial charge in [-0.05, 0) is 36.4 Å². The topological polar surface area (TPSA) is 58.2 Å². The standard InChI is InChI=1S/C18H12F6N2O2S/c19-17(20,21)9-2-1-3-11(6-9)25-15(27)8-14-16(28)26-12-7-10(18(22,23)24)4-5-13(12)29-14/h1-7,14H,8H2,(H,25,27)(H,26,28)/t14-/m1/s1. The molecular weight excluding hydrogens is 422 g/mol. The molecule has 0 saturated heterocycles. The highest BCUT2D eigenvalue weighted by molar-refractivity contribution is 8.01. The minimum atomic E-state index is -4.57. The summed E-state index contributed by atoms with van der Waals surface area (Å²) in [5, 5.41) is 3.69. The number of alkyl halides is 6. The van der Waals surface area contributed by atoms with Gasteiger partial charge in [-0.1, -0.05) is 6.07 Å². The molecule has 29 heavy (non-hydrogen) atoms. The fraction of sp³-hybridized carbons (Fsp3) is 0.222. The van der Waals surface area contributed by atoms with Gasteiger partial charge in [0.15, 0.2) is 0 Å². The average Bonchev–Trinajstić information content (AvgIpc) is 2.60. The van der Waals surface area contributed by atoms with E-state index in [1.807, 2.05) is 0 Å². The molecule has 3 rings (SSSR count). The molecule has 0 bridgehead atoms. The lowest BCUT2D eigenvalue weighted by Gasteiger charge is -2.24. The largest absolute Gasteiger partial charge is 0.416 e. The van der Waals surface area contributed by atoms with Crippen molar-refractivity contribution < 1.29 is 35.9 Å². The first kappa shape index (κ1) is 21.0. The van der Waals surface area contributed by atoms with Crippen molar-refractivity contribution in [1.82, 2.24) is 0 Å². The lowest BCUT2D eigenvalue weighted by atomic mass is 10.1. The van der Waals surface area contributed by atoms with Crippen molar-refractivity contribution in [1.29, 1.82) is 0 Å². The van der Waals surface area contributed by atoms with E-state index < -0.39 is 40.5 Å². The molecule has 0 fully saturated rings. The number of anilines is 2. The first-order valence-electron chi connectivity index (χ1n) is 8.09. The van der Waals surface area contributed by atoms with Gasteiger partial charge in [0.05, 0.1) is 22.1 Å². The summed E-state index contributed by atoms with van der Waals surface area (Å²) >= 11 is 0.911. The van der Waals surface area contributed by atoms with E-state index >= 15 is 0 Å². The molecule has 0 aliphatic carbocycles. The van der Waals surface area contributed by atoms with Crippen LogP contribution in [0.5, 0.6) is 0 Å². The van der Waals surface area contributed by atoms with E-state index in [2.05, 4.69) is 10.6 Å². The van der Waals surface area contributed by atoms with Crippen LogP contribution in [-0.4, -0.2) is 17.1 Å². The molecule has 1 heterocycles. The van der Waals surface area contributed by atoms with Crippen LogP contribution in [0.3, 0.4) is 0 Å². The number of carbonyl (C=O) groups excluding carboxylic acids is 2. The Bertz CT molecular complexity index is 958. The molecule has 11 heteroatoms. The van der Waals surface area contributed by atoms with Gasteiger partial charge in [0.1, 0.15) is 0 Å². The second kappa shape index (κ2) is 7.62. The summed E-state index contributed by atoms with van der Waals surface area (Å²) in [5.41, 5.74) is -1.95. The lowest BCUT2D eigenvalue weighted by molar-refractivity contribution is -0.138. The Kier molecular flexibility index (Phi) is 5.52. The van der Waals surface area contributed by atoms with E-state index in [1.165, 1.54) is 12.1 Å². The SMILES string of the molecule is O=C(C[C@H]1Sc2ccc(C(F)(F)F)cc2NC1=O)Nc1cccc(C(F)(F)F)c1. The smallest absolute Gasteiger partial charge is 0.326 e. The van der Waals surface area contributed by atoms with E-state index in [0.29, 0.717) is 4.90 Å². The Morgan fingerprint density at radius 3 is 2.31 bits per heavy atom. The van der Waals surface area contributed by atoms with Gasteiger partial charge in [-0.2, -0.15) is 26.3 Å². The number of thioether (sulfide) groups is 1. The van der Waals surface area contributed by atoms with Gasteiger partial charge in [-0.3, -0.25) is 9.59 Å². The molecule has 1 aliphatic rings. The predicted octanol–water partition coefficient (Wildman–Crippen LogP) is 5.17. The molecule has 0 saturated carbocycles. The van der Waals surface area contributed by atoms with Crippen LogP contribution in [0.1, 0.15) is 17.5 Å². The number of rotatable bonds is 3. The molecule has 2 amide bonds. The number of fused-ring (bicyclic) bond motifs is 1. The van der Waals surface area contributed by atoms with Gasteiger partial charge in [0.25, 0.3) is 0 Å². The third kappa shape index (κ3) is 5.03. The Hall–Kier alpha value is -2.69. The number of halogens is 6. The van der Waals surface area contributed by atoms with Crippen LogP contribution in [0.4, 0.5) is 37.7 Å². The van der Waals surface area contributed by atoms with Gasteiger partial charge < -0.3 is 10.6 Å². The normalized spacial score (nSPS) is 16.8. The maximum Gasteiger partial charge on any atom is 0.416 e. The Labute approximate surface area is 164 Å². The number of nitrogens with one attached hydrogen (secondary N) is 2. The number of hydrogen-bond acceptors (Lipinski definition) is 3. The summed E-state index contributed by atoms with van der Waals surface area (Å²) in [6.07, 6.45) is -9.50. The van der Waals surface area contributed by atoms with Crippen molar-refractivity contribution >= 4 is 35.0 Å². The minimum absolute atomic E-state index is 0.00985. The second-order valence-corrected chi connectivity index (χ2v) is 7.38. The monoisotopic (exact) mass is 434 g/mol. The quantitative estimate of drug-likeness (QED) is 0.656. The van der Waals surface area contributed by atoms with Crippen LogP contribution in [0.2, 0.25) is 0 Å². The van der Waals surface area contributed by atoms with Gasteiger partial charge in [0.2, 0.25) is 11.8 Å². The van der Waals surface area contributed by atoms with E-state index in [1.54, 1.807) is 0 Å². The Morgan fingerprint density at radius 2 is 1.66 bits per heavy atom. The summed E-state index contributed by atoms with van der Waals surface area (Å²) in [5.74, 6) is -1.37. The molecule has 2 N–H and O–H groups in total. The molecule has 4 nitrogen and oxygen atoms in total. The second-order valence-electron chi connectivity index (χ2n) is 6.14. The van der Waals surface area contributed by atoms with Crippen molar-refractivity contribution in [3.05, 3.63) is 53.6 Å². The number of benzene rings is 2. The minimum Gasteiger partial charge on any atom is -0.326 e. The summed E-state index contributed by atoms with van der Waals surface area (Å²) in [4.78, 5) is 24.7. The number of hydrogen-bond donors (Lipinski definition) is 2. The van der Waals surface area contributed by atoms with Gasteiger partial charge in [0, 0.05) is 17.0 Å². The lowest BCUT2D eigenvalue weighted by Crippen LogP contribution is -2.32. The van der Waals surface area contributed by atoms with Crippen LogP contribution in [0.15, 0.2) is 47.4 Å². The zero-order chi connectivity index (χ0) is 21.4. The molecule has 154 valence electrons. The third-order valence-electron chi connectivity index (χ3n) is 3.97. The molecule has 2 aromatic rings. The van der Waals surface area contributed by atoms with Crippen molar-refractivity contribution in [2.75, 3.05) is 10.6 Å². The highest BCUT2D eigenvalue weighted by Crippen LogP contribution is 2.40. The predicted molar refractivity (Wildman–Crippen MR) is 94.4 cm³/mol. The van der Waals surface area contributed by atoms with Crippen molar-refractivity contribution in [2.45, 2.75) is 28.9 Å². The summed E-state index contributed by atoms with van der Waals surface area (Å²) in [7, 11) is 0. The zero-order valence-corrected chi connectivity index (χ0v) is 15.1. The van der Waals surface area contributed by atoms with Gasteiger partial charge >= 0.3 is 12.4 Å². The Morgan fingerprint density at radius 1 is 1.00 bits per heavy atom. The Balaban J connectivity index is 1.68. The first-order chi connectivity index (χ1) is 13.4. The fourth-order valence-corrected chi connectivity index (χ4v) is 3.71. The molecular formula is C18H12F6N2O2S. The summed E-state index contributed by atoms with van der Waals surface area (Å²) < 4.78 is 76.5. The van der Waals surface area contributed by atoms with Crippen LogP contribution in [0, 0.1) is 0 Å². The van der Waals surface area contributed by atoms with Crippen LogP contribution >= 0.6 is 11.8 Å². The fourth-order valence-electron chi connectivity index (χ4n) is 2.61. The molecule has 0 radical (unpaired) electrons. The van der Waals surface area contributed by atoms with Crippen LogP contribution in [0.25, 0.3) is 0 Å². The molecule has 0 unspecified atom stereocenters. The molecule has 2 aromatic carbocycles. The zero-order valence-electron chi connectivity index (χ0n) is 14.3. The first-order valence-corrected chi connectivity index (χ1v) is 8.97. The highest BCUT2D eigenvalue weighted by atomic mass is 32.2. The van der Waals surface area contributed by atoms with Gasteiger partial charge in [-0.15, -0.1) is 11.8 Å². The van der Waals surface area contributed by atoms with E-state index in [-0.39, 0.29) is 17.8 Å². The third-order valence-corrected chi connectivity index (χ3v) is 5.25. The number of carbonyl (C=O) groups is 2. The maximum atomic E-state index is 12.8. The van der Waals surface area contributed by atoms with Crippen molar-refractivity contribution in [3.8, 4) is 0 Å². The van der Waals surface area contributed by atoms with E-state index in [0.717, 1.165) is 42.1 Å². The van der Waals surface area contributed by atoms with Crippen molar-refractivity contribution in [3.63, 3.8) is 0 Å². The van der Waals surface area contributed by atoms with Crippen LogP contribution < -0.4 is 10.6 Å². The molecule has 0 spiro atoms. The van der Waals surface area contributed by atoms with Crippen molar-refractivity contribution in [2.24, 2.45) is 0 Å². The van der Waals surface area contributed by atoms with Gasteiger partial charge in [-0.25, -0.2) is 0 Å². The molecule has 1 aliphatic heterocycles.